The summed E-state index contributed by atoms with van der Waals surface area (Å²) in [6, 6.07) is 30.2. The third kappa shape index (κ3) is 9.02. The van der Waals surface area contributed by atoms with E-state index in [1.54, 1.807) is 18.0 Å². The number of ketones is 1. The number of aromatic nitrogens is 1. The largest absolute Gasteiger partial charge is 0.392 e. The summed E-state index contributed by atoms with van der Waals surface area (Å²) in [4.78, 5) is 29.3. The van der Waals surface area contributed by atoms with Gasteiger partial charge in [0.1, 0.15) is 0 Å². The SMILES string of the molecule is CC(=O)C(Cc1ccccc1)NC(=O)NCc1ccc(C2OC(CSc3ccccn3)C(C)C(c3ccc(CO)cc3)O2)cc1. The molecule has 3 N–H and O–H groups in total. The van der Waals surface area contributed by atoms with Crippen molar-refractivity contribution < 1.29 is 24.2 Å². The Morgan fingerprint density at radius 1 is 0.867 bits per heavy atom. The molecule has 3 aromatic carbocycles. The molecule has 2 amide bonds. The summed E-state index contributed by atoms with van der Waals surface area (Å²) < 4.78 is 13.1. The quantitative estimate of drug-likeness (QED) is 0.162. The second kappa shape index (κ2) is 15.8. The van der Waals surface area contributed by atoms with Crippen LogP contribution < -0.4 is 10.6 Å². The second-order valence-corrected chi connectivity index (χ2v) is 12.3. The number of benzene rings is 3. The Kier molecular flexibility index (Phi) is 11.4. The number of carbonyl (C=O) groups is 2. The van der Waals surface area contributed by atoms with Gasteiger partial charge in [-0.3, -0.25) is 4.79 Å². The van der Waals surface area contributed by atoms with Gasteiger partial charge in [-0.15, -0.1) is 11.8 Å². The standard InChI is InChI=1S/C36H39N3O5S/c1-24-32(23-45-33-10-6-7-19-37-33)43-35(44-34(24)29-15-13-28(22-40)14-16-29)30-17-11-27(12-18-30)21-38-36(42)39-31(25(2)41)20-26-8-4-3-5-9-26/h3-19,24,31-32,34-35,40H,20-23H2,1-2H3,(H2,38,39,42). The number of hydrogen-bond donors (Lipinski definition) is 3. The van der Waals surface area contributed by atoms with E-state index >= 15 is 0 Å². The molecule has 4 aromatic rings. The highest BCUT2D eigenvalue weighted by atomic mass is 32.2. The molecule has 0 saturated carbocycles. The lowest BCUT2D eigenvalue weighted by Crippen LogP contribution is -2.46. The van der Waals surface area contributed by atoms with Crippen molar-refractivity contribution in [2.45, 2.75) is 63.0 Å². The van der Waals surface area contributed by atoms with Crippen LogP contribution in [0, 0.1) is 5.92 Å². The van der Waals surface area contributed by atoms with E-state index in [-0.39, 0.29) is 30.5 Å². The second-order valence-electron chi connectivity index (χ2n) is 11.2. The van der Waals surface area contributed by atoms with Crippen LogP contribution in [0.1, 0.15) is 54.1 Å². The first-order valence-corrected chi connectivity index (χ1v) is 16.1. The van der Waals surface area contributed by atoms with E-state index in [0.29, 0.717) is 18.7 Å². The number of thioether (sulfide) groups is 1. The molecule has 1 aliphatic heterocycles. The van der Waals surface area contributed by atoms with Crippen LogP contribution in [0.3, 0.4) is 0 Å². The van der Waals surface area contributed by atoms with Gasteiger partial charge in [-0.2, -0.15) is 0 Å². The van der Waals surface area contributed by atoms with Gasteiger partial charge in [0, 0.05) is 30.0 Å². The lowest BCUT2D eigenvalue weighted by molar-refractivity contribution is -0.268. The fourth-order valence-electron chi connectivity index (χ4n) is 5.24. The smallest absolute Gasteiger partial charge is 0.315 e. The molecule has 234 valence electrons. The van der Waals surface area contributed by atoms with Crippen LogP contribution in [-0.4, -0.2) is 39.8 Å². The number of nitrogens with one attached hydrogen (secondary N) is 2. The van der Waals surface area contributed by atoms with E-state index in [1.807, 2.05) is 97.1 Å². The first-order valence-electron chi connectivity index (χ1n) is 15.1. The molecule has 5 rings (SSSR count). The number of carbonyl (C=O) groups excluding carboxylic acids is 2. The zero-order chi connectivity index (χ0) is 31.6. The number of amides is 2. The lowest BCUT2D eigenvalue weighted by atomic mass is 9.91. The molecule has 1 aliphatic rings. The maximum absolute atomic E-state index is 12.6. The van der Waals surface area contributed by atoms with Gasteiger partial charge in [0.2, 0.25) is 0 Å². The molecule has 0 radical (unpaired) electrons. The number of aliphatic hydroxyl groups is 1. The molecule has 8 nitrogen and oxygen atoms in total. The Bertz CT molecular complexity index is 1520. The molecule has 45 heavy (non-hydrogen) atoms. The maximum Gasteiger partial charge on any atom is 0.315 e. The van der Waals surface area contributed by atoms with Crippen LogP contribution in [0.25, 0.3) is 0 Å². The minimum Gasteiger partial charge on any atom is -0.392 e. The van der Waals surface area contributed by atoms with E-state index < -0.39 is 18.4 Å². The Hall–Kier alpha value is -4.02. The monoisotopic (exact) mass is 625 g/mol. The van der Waals surface area contributed by atoms with Gasteiger partial charge in [-0.25, -0.2) is 9.78 Å². The molecule has 2 heterocycles. The molecule has 9 heteroatoms. The molecule has 0 bridgehead atoms. The van der Waals surface area contributed by atoms with E-state index in [1.165, 1.54) is 6.92 Å². The Labute approximate surface area is 268 Å². The summed E-state index contributed by atoms with van der Waals surface area (Å²) in [5.74, 6) is 0.686. The first-order chi connectivity index (χ1) is 21.9. The minimum absolute atomic E-state index is 0.00963. The zero-order valence-electron chi connectivity index (χ0n) is 25.5. The van der Waals surface area contributed by atoms with Crippen LogP contribution in [0.5, 0.6) is 0 Å². The lowest BCUT2D eigenvalue weighted by Gasteiger charge is -2.41. The average molecular weight is 626 g/mol. The van der Waals surface area contributed by atoms with Gasteiger partial charge in [0.05, 0.1) is 29.9 Å². The van der Waals surface area contributed by atoms with Crippen LogP contribution >= 0.6 is 11.8 Å². The predicted molar refractivity (Wildman–Crippen MR) is 174 cm³/mol. The van der Waals surface area contributed by atoms with E-state index in [9.17, 15) is 14.7 Å². The Morgan fingerprint density at radius 2 is 1.56 bits per heavy atom. The molecule has 1 fully saturated rings. The van der Waals surface area contributed by atoms with Gasteiger partial charge in [0.15, 0.2) is 12.1 Å². The summed E-state index contributed by atoms with van der Waals surface area (Å²) in [7, 11) is 0. The van der Waals surface area contributed by atoms with Crippen molar-refractivity contribution in [2.24, 2.45) is 5.92 Å². The van der Waals surface area contributed by atoms with Gasteiger partial charge < -0.3 is 25.2 Å². The highest BCUT2D eigenvalue weighted by Gasteiger charge is 2.38. The van der Waals surface area contributed by atoms with E-state index in [4.69, 9.17) is 9.47 Å². The predicted octanol–water partition coefficient (Wildman–Crippen LogP) is 6.16. The highest BCUT2D eigenvalue weighted by Crippen LogP contribution is 2.42. The summed E-state index contributed by atoms with van der Waals surface area (Å²) in [6.45, 7) is 3.92. The van der Waals surface area contributed by atoms with Gasteiger partial charge in [-0.05, 0) is 47.7 Å². The molecule has 5 atom stereocenters. The van der Waals surface area contributed by atoms with Crippen molar-refractivity contribution in [1.82, 2.24) is 15.6 Å². The molecule has 1 saturated heterocycles. The van der Waals surface area contributed by atoms with Crippen LogP contribution in [0.4, 0.5) is 4.79 Å². The normalized spacial score (nSPS) is 20.2. The number of pyridine rings is 1. The number of rotatable bonds is 12. The van der Waals surface area contributed by atoms with Crippen molar-refractivity contribution in [1.29, 1.82) is 0 Å². The maximum atomic E-state index is 12.6. The summed E-state index contributed by atoms with van der Waals surface area (Å²) in [6.07, 6.45) is 1.33. The molecule has 1 aromatic heterocycles. The third-order valence-corrected chi connectivity index (χ3v) is 8.97. The summed E-state index contributed by atoms with van der Waals surface area (Å²) >= 11 is 1.66. The van der Waals surface area contributed by atoms with E-state index in [2.05, 4.69) is 22.5 Å². The fraction of sp³-hybridized carbons (Fsp3) is 0.306. The Morgan fingerprint density at radius 3 is 2.22 bits per heavy atom. The van der Waals surface area contributed by atoms with Crippen LogP contribution in [0.2, 0.25) is 0 Å². The van der Waals surface area contributed by atoms with E-state index in [0.717, 1.165) is 32.8 Å². The number of Topliss-reactive ketones (excluding diaryl/α,β-unsaturated/α-hetero) is 1. The molecular formula is C36H39N3O5S. The molecule has 0 aliphatic carbocycles. The number of nitrogens with zero attached hydrogens (tertiary/aromatic N) is 1. The molecule has 0 spiro atoms. The summed E-state index contributed by atoms with van der Waals surface area (Å²) in [5.41, 5.74) is 4.64. The van der Waals surface area contributed by atoms with Crippen molar-refractivity contribution in [3.8, 4) is 0 Å². The van der Waals surface area contributed by atoms with Crippen molar-refractivity contribution in [3.05, 3.63) is 131 Å². The summed E-state index contributed by atoms with van der Waals surface area (Å²) in [5, 5.41) is 16.1. The number of urea groups is 1. The van der Waals surface area contributed by atoms with Gasteiger partial charge in [-0.1, -0.05) is 91.9 Å². The van der Waals surface area contributed by atoms with Gasteiger partial charge >= 0.3 is 6.03 Å². The Balaban J connectivity index is 1.23. The number of ether oxygens (including phenoxy) is 2. The minimum atomic E-state index is -0.602. The van der Waals surface area contributed by atoms with Crippen LogP contribution in [-0.2, 0) is 33.8 Å². The van der Waals surface area contributed by atoms with Gasteiger partial charge in [0.25, 0.3) is 0 Å². The third-order valence-electron chi connectivity index (χ3n) is 7.94. The topological polar surface area (TPSA) is 110 Å². The number of aliphatic hydroxyl groups excluding tert-OH is 1. The fourth-order valence-corrected chi connectivity index (χ4v) is 6.27. The van der Waals surface area contributed by atoms with Crippen LogP contribution in [0.15, 0.2) is 108 Å². The average Bonchev–Trinajstić information content (AvgIpc) is 3.08. The molecule has 5 unspecified atom stereocenters. The van der Waals surface area contributed by atoms with Crippen molar-refractivity contribution in [3.63, 3.8) is 0 Å². The molecular weight excluding hydrogens is 586 g/mol. The van der Waals surface area contributed by atoms with Crippen molar-refractivity contribution >= 4 is 23.6 Å². The number of hydrogen-bond acceptors (Lipinski definition) is 7. The van der Waals surface area contributed by atoms with Crippen molar-refractivity contribution in [2.75, 3.05) is 5.75 Å². The first kappa shape index (κ1) is 32.4. The highest BCUT2D eigenvalue weighted by molar-refractivity contribution is 7.99. The zero-order valence-corrected chi connectivity index (χ0v) is 26.3.